The third-order valence-corrected chi connectivity index (χ3v) is 6.94. The molecule has 2 aromatic heterocycles. The van der Waals surface area contributed by atoms with Crippen LogP contribution in [0.1, 0.15) is 22.9 Å². The second-order valence-corrected chi connectivity index (χ2v) is 9.26. The van der Waals surface area contributed by atoms with Crippen molar-refractivity contribution >= 4 is 60.8 Å². The minimum atomic E-state index is -0.124. The van der Waals surface area contributed by atoms with Gasteiger partial charge in [-0.3, -0.25) is 14.2 Å². The highest BCUT2D eigenvalue weighted by molar-refractivity contribution is 9.10. The zero-order valence-corrected chi connectivity index (χ0v) is 18.8. The van der Waals surface area contributed by atoms with Crippen LogP contribution in [0, 0.1) is 20.8 Å². The number of nitrogens with zero attached hydrogens (tertiary/aromatic N) is 2. The summed E-state index contributed by atoms with van der Waals surface area (Å²) in [6.45, 7) is 8.33. The van der Waals surface area contributed by atoms with E-state index < -0.39 is 0 Å². The van der Waals surface area contributed by atoms with Gasteiger partial charge in [0, 0.05) is 21.6 Å². The van der Waals surface area contributed by atoms with E-state index in [4.69, 9.17) is 0 Å². The van der Waals surface area contributed by atoms with Gasteiger partial charge in [0.05, 0.1) is 11.1 Å². The molecule has 0 fully saturated rings. The standard InChI is InChI=1S/C19H20BrN3O2S2/c1-5-23-18(25)16-11(3)12(4)27-17(16)22-19(23)26-9-15(24)21-14-7-6-13(20)8-10(14)2/h6-8H,5,9H2,1-4H3,(H,21,24). The van der Waals surface area contributed by atoms with Gasteiger partial charge < -0.3 is 5.32 Å². The fraction of sp³-hybridized carbons (Fsp3) is 0.316. The summed E-state index contributed by atoms with van der Waals surface area (Å²) in [5.74, 6) is 0.0672. The van der Waals surface area contributed by atoms with E-state index in [1.54, 1.807) is 4.57 Å². The summed E-state index contributed by atoms with van der Waals surface area (Å²) in [6.07, 6.45) is 0. The van der Waals surface area contributed by atoms with E-state index in [1.165, 1.54) is 23.1 Å². The first-order chi connectivity index (χ1) is 12.8. The number of aromatic nitrogens is 2. The van der Waals surface area contributed by atoms with Crippen LogP contribution < -0.4 is 10.9 Å². The molecule has 1 N–H and O–H groups in total. The quantitative estimate of drug-likeness (QED) is 0.429. The molecule has 0 saturated heterocycles. The zero-order valence-electron chi connectivity index (χ0n) is 15.6. The smallest absolute Gasteiger partial charge is 0.263 e. The second-order valence-electron chi connectivity index (χ2n) is 6.20. The Bertz CT molecular complexity index is 1090. The van der Waals surface area contributed by atoms with Crippen molar-refractivity contribution in [3.8, 4) is 0 Å². The third kappa shape index (κ3) is 4.12. The number of thiophene rings is 1. The Labute approximate surface area is 174 Å². The van der Waals surface area contributed by atoms with Gasteiger partial charge in [-0.2, -0.15) is 0 Å². The molecule has 0 aliphatic heterocycles. The molecule has 0 aliphatic carbocycles. The van der Waals surface area contributed by atoms with Crippen molar-refractivity contribution in [1.29, 1.82) is 0 Å². The van der Waals surface area contributed by atoms with E-state index >= 15 is 0 Å². The number of aryl methyl sites for hydroxylation is 3. The van der Waals surface area contributed by atoms with Crippen molar-refractivity contribution in [2.24, 2.45) is 0 Å². The molecule has 5 nitrogen and oxygen atoms in total. The lowest BCUT2D eigenvalue weighted by atomic mass is 10.2. The topological polar surface area (TPSA) is 64.0 Å². The minimum absolute atomic E-state index is 0.0315. The fourth-order valence-corrected chi connectivity index (χ4v) is 5.19. The molecule has 0 saturated carbocycles. The number of carbonyl (C=O) groups excluding carboxylic acids is 1. The Hall–Kier alpha value is -1.64. The van der Waals surface area contributed by atoms with E-state index in [1.807, 2.05) is 45.9 Å². The van der Waals surface area contributed by atoms with Crippen molar-refractivity contribution in [1.82, 2.24) is 9.55 Å². The summed E-state index contributed by atoms with van der Waals surface area (Å²) in [4.78, 5) is 31.7. The number of rotatable bonds is 5. The Morgan fingerprint density at radius 1 is 1.33 bits per heavy atom. The van der Waals surface area contributed by atoms with Crippen molar-refractivity contribution in [2.45, 2.75) is 39.4 Å². The summed E-state index contributed by atoms with van der Waals surface area (Å²) in [5, 5.41) is 4.19. The summed E-state index contributed by atoms with van der Waals surface area (Å²) in [7, 11) is 0. The molecule has 8 heteroatoms. The molecule has 1 amide bonds. The van der Waals surface area contributed by atoms with Gasteiger partial charge in [-0.25, -0.2) is 4.98 Å². The van der Waals surface area contributed by atoms with Crippen molar-refractivity contribution in [3.63, 3.8) is 0 Å². The molecule has 27 heavy (non-hydrogen) atoms. The molecule has 0 unspecified atom stereocenters. The van der Waals surface area contributed by atoms with Crippen LogP contribution in [0.4, 0.5) is 5.69 Å². The highest BCUT2D eigenvalue weighted by Gasteiger charge is 2.17. The highest BCUT2D eigenvalue weighted by Crippen LogP contribution is 2.28. The van der Waals surface area contributed by atoms with Gasteiger partial charge in [0.1, 0.15) is 4.83 Å². The predicted octanol–water partition coefficient (Wildman–Crippen LogP) is 4.90. The van der Waals surface area contributed by atoms with Crippen LogP contribution in [0.3, 0.4) is 0 Å². The lowest BCUT2D eigenvalue weighted by Gasteiger charge is -2.11. The first kappa shape index (κ1) is 20.1. The molecular weight excluding hydrogens is 446 g/mol. The largest absolute Gasteiger partial charge is 0.325 e. The van der Waals surface area contributed by atoms with E-state index in [0.717, 1.165) is 31.0 Å². The van der Waals surface area contributed by atoms with Crippen LogP contribution in [0.2, 0.25) is 0 Å². The number of thioether (sulfide) groups is 1. The lowest BCUT2D eigenvalue weighted by Crippen LogP contribution is -2.23. The predicted molar refractivity (Wildman–Crippen MR) is 117 cm³/mol. The van der Waals surface area contributed by atoms with Crippen molar-refractivity contribution < 1.29 is 4.79 Å². The van der Waals surface area contributed by atoms with Crippen molar-refractivity contribution in [2.75, 3.05) is 11.1 Å². The van der Waals surface area contributed by atoms with Gasteiger partial charge in [0.2, 0.25) is 5.91 Å². The molecule has 3 rings (SSSR count). The molecule has 0 aliphatic rings. The summed E-state index contributed by atoms with van der Waals surface area (Å²) < 4.78 is 2.61. The SMILES string of the molecule is CCn1c(SCC(=O)Nc2ccc(Br)cc2C)nc2sc(C)c(C)c2c1=O. The lowest BCUT2D eigenvalue weighted by molar-refractivity contribution is -0.113. The molecular formula is C19H20BrN3O2S2. The number of nitrogens with one attached hydrogen (secondary N) is 1. The summed E-state index contributed by atoms with van der Waals surface area (Å²) >= 11 is 6.23. The summed E-state index contributed by atoms with van der Waals surface area (Å²) in [6, 6.07) is 5.71. The maximum atomic E-state index is 12.8. The van der Waals surface area contributed by atoms with Crippen LogP contribution in [0.5, 0.6) is 0 Å². The van der Waals surface area contributed by atoms with Crippen LogP contribution in [0.25, 0.3) is 10.2 Å². The Kier molecular flexibility index (Phi) is 6.08. The van der Waals surface area contributed by atoms with Gasteiger partial charge in [-0.05, 0) is 57.0 Å². The maximum Gasteiger partial charge on any atom is 0.263 e. The molecule has 2 heterocycles. The van der Waals surface area contributed by atoms with Crippen molar-refractivity contribution in [3.05, 3.63) is 49.0 Å². The third-order valence-electron chi connectivity index (χ3n) is 4.36. The van der Waals surface area contributed by atoms with E-state index in [0.29, 0.717) is 17.1 Å². The summed E-state index contributed by atoms with van der Waals surface area (Å²) in [5.41, 5.74) is 2.73. The monoisotopic (exact) mass is 465 g/mol. The molecule has 0 bridgehead atoms. The first-order valence-corrected chi connectivity index (χ1v) is 11.1. The highest BCUT2D eigenvalue weighted by atomic mass is 79.9. The average molecular weight is 466 g/mol. The van der Waals surface area contributed by atoms with Gasteiger partial charge >= 0.3 is 0 Å². The van der Waals surface area contributed by atoms with Crippen LogP contribution in [-0.4, -0.2) is 21.2 Å². The van der Waals surface area contributed by atoms with Gasteiger partial charge in [0.25, 0.3) is 5.56 Å². The number of halogens is 1. The minimum Gasteiger partial charge on any atom is -0.325 e. The molecule has 142 valence electrons. The van der Waals surface area contributed by atoms with E-state index in [-0.39, 0.29) is 17.2 Å². The van der Waals surface area contributed by atoms with Crippen LogP contribution in [-0.2, 0) is 11.3 Å². The number of amides is 1. The first-order valence-electron chi connectivity index (χ1n) is 8.51. The maximum absolute atomic E-state index is 12.8. The van der Waals surface area contributed by atoms with E-state index in [2.05, 4.69) is 26.2 Å². The van der Waals surface area contributed by atoms with E-state index in [9.17, 15) is 9.59 Å². The normalized spacial score (nSPS) is 11.1. The van der Waals surface area contributed by atoms with Gasteiger partial charge in [0.15, 0.2) is 5.16 Å². The van der Waals surface area contributed by atoms with Crippen LogP contribution >= 0.6 is 39.0 Å². The molecule has 0 atom stereocenters. The molecule has 1 aromatic carbocycles. The number of benzene rings is 1. The number of carbonyl (C=O) groups is 1. The van der Waals surface area contributed by atoms with Crippen LogP contribution in [0.15, 0.2) is 32.6 Å². The average Bonchev–Trinajstić information content (AvgIpc) is 2.90. The molecule has 0 radical (unpaired) electrons. The fourth-order valence-electron chi connectivity index (χ4n) is 2.78. The Morgan fingerprint density at radius 2 is 2.07 bits per heavy atom. The zero-order chi connectivity index (χ0) is 19.7. The molecule has 3 aromatic rings. The van der Waals surface area contributed by atoms with Gasteiger partial charge in [-0.1, -0.05) is 27.7 Å². The Balaban J connectivity index is 1.82. The van der Waals surface area contributed by atoms with Gasteiger partial charge in [-0.15, -0.1) is 11.3 Å². The molecule has 0 spiro atoms. The second kappa shape index (κ2) is 8.16. The number of hydrogen-bond acceptors (Lipinski definition) is 5. The number of anilines is 1. The number of hydrogen-bond donors (Lipinski definition) is 1. The number of fused-ring (bicyclic) bond motifs is 1. The Morgan fingerprint density at radius 3 is 2.74 bits per heavy atom.